The van der Waals surface area contributed by atoms with E-state index in [9.17, 15) is 5.11 Å². The van der Waals surface area contributed by atoms with Gasteiger partial charge in [-0.2, -0.15) is 0 Å². The molecule has 2 aliphatic rings. The lowest BCUT2D eigenvalue weighted by molar-refractivity contribution is -0.00680. The molecular formula is C17H25NO2. The minimum absolute atomic E-state index is 0.109. The number of hydrogen-bond donors (Lipinski definition) is 1. The number of rotatable bonds is 2. The highest BCUT2D eigenvalue weighted by molar-refractivity contribution is 5.42. The molecular weight excluding hydrogens is 250 g/mol. The van der Waals surface area contributed by atoms with Crippen LogP contribution in [-0.4, -0.2) is 35.8 Å². The molecule has 0 amide bonds. The predicted octanol–water partition coefficient (Wildman–Crippen LogP) is 3.09. The SMILES string of the molecule is CC(C)c1ccc2c(c1)C(N1CCCCC1)C(O)CO2. The molecule has 2 heterocycles. The van der Waals surface area contributed by atoms with Crippen molar-refractivity contribution in [3.8, 4) is 5.75 Å². The monoisotopic (exact) mass is 275 g/mol. The van der Waals surface area contributed by atoms with E-state index in [1.54, 1.807) is 0 Å². The quantitative estimate of drug-likeness (QED) is 0.900. The van der Waals surface area contributed by atoms with Crippen molar-refractivity contribution in [2.75, 3.05) is 19.7 Å². The molecule has 1 aromatic carbocycles. The van der Waals surface area contributed by atoms with Crippen LogP contribution in [0.4, 0.5) is 0 Å². The topological polar surface area (TPSA) is 32.7 Å². The van der Waals surface area contributed by atoms with Crippen molar-refractivity contribution in [3.05, 3.63) is 29.3 Å². The Morgan fingerprint density at radius 1 is 1.20 bits per heavy atom. The Kier molecular flexibility index (Phi) is 3.99. The van der Waals surface area contributed by atoms with Crippen LogP contribution in [0.1, 0.15) is 56.2 Å². The third-order valence-corrected chi connectivity index (χ3v) is 4.58. The molecule has 2 atom stereocenters. The van der Waals surface area contributed by atoms with Gasteiger partial charge in [-0.25, -0.2) is 0 Å². The summed E-state index contributed by atoms with van der Waals surface area (Å²) in [5.74, 6) is 1.46. The average molecular weight is 275 g/mol. The lowest BCUT2D eigenvalue weighted by Gasteiger charge is -2.40. The summed E-state index contributed by atoms with van der Waals surface area (Å²) in [5, 5.41) is 10.4. The molecule has 0 radical (unpaired) electrons. The second-order valence-electron chi connectivity index (χ2n) is 6.37. The van der Waals surface area contributed by atoms with Crippen LogP contribution in [0.25, 0.3) is 0 Å². The summed E-state index contributed by atoms with van der Waals surface area (Å²) in [5.41, 5.74) is 2.50. The Morgan fingerprint density at radius 3 is 2.65 bits per heavy atom. The maximum Gasteiger partial charge on any atom is 0.124 e. The second-order valence-corrected chi connectivity index (χ2v) is 6.37. The minimum Gasteiger partial charge on any atom is -0.490 e. The number of fused-ring (bicyclic) bond motifs is 1. The number of hydrogen-bond acceptors (Lipinski definition) is 3. The van der Waals surface area contributed by atoms with E-state index in [0.29, 0.717) is 12.5 Å². The standard InChI is InChI=1S/C17H25NO2/c1-12(2)13-6-7-16-14(10-13)17(15(19)11-20-16)18-8-4-3-5-9-18/h6-7,10,12,15,17,19H,3-5,8-9,11H2,1-2H3. The summed E-state index contributed by atoms with van der Waals surface area (Å²) >= 11 is 0. The van der Waals surface area contributed by atoms with E-state index in [1.807, 2.05) is 0 Å². The molecule has 3 nitrogen and oxygen atoms in total. The van der Waals surface area contributed by atoms with Gasteiger partial charge < -0.3 is 9.84 Å². The molecule has 1 saturated heterocycles. The first-order chi connectivity index (χ1) is 9.66. The molecule has 2 unspecified atom stereocenters. The number of likely N-dealkylation sites (tertiary alicyclic amines) is 1. The molecule has 1 aromatic rings. The van der Waals surface area contributed by atoms with Gasteiger partial charge in [0.1, 0.15) is 18.5 Å². The van der Waals surface area contributed by atoms with Crippen molar-refractivity contribution in [1.29, 1.82) is 0 Å². The average Bonchev–Trinajstić information content (AvgIpc) is 2.47. The summed E-state index contributed by atoms with van der Waals surface area (Å²) in [7, 11) is 0. The number of nitrogens with zero attached hydrogens (tertiary/aromatic N) is 1. The minimum atomic E-state index is -0.414. The van der Waals surface area contributed by atoms with Gasteiger partial charge in [0.2, 0.25) is 0 Å². The zero-order valence-electron chi connectivity index (χ0n) is 12.5. The fraction of sp³-hybridized carbons (Fsp3) is 0.647. The van der Waals surface area contributed by atoms with Crippen molar-refractivity contribution in [2.45, 2.75) is 51.2 Å². The van der Waals surface area contributed by atoms with E-state index >= 15 is 0 Å². The van der Waals surface area contributed by atoms with Gasteiger partial charge in [0.25, 0.3) is 0 Å². The van der Waals surface area contributed by atoms with Gasteiger partial charge in [0.15, 0.2) is 0 Å². The van der Waals surface area contributed by atoms with Crippen LogP contribution in [0.3, 0.4) is 0 Å². The van der Waals surface area contributed by atoms with Crippen molar-refractivity contribution < 1.29 is 9.84 Å². The lowest BCUT2D eigenvalue weighted by atomic mass is 9.91. The van der Waals surface area contributed by atoms with Crippen LogP contribution in [0.5, 0.6) is 5.75 Å². The summed E-state index contributed by atoms with van der Waals surface area (Å²) in [6, 6.07) is 6.57. The van der Waals surface area contributed by atoms with Crippen LogP contribution in [-0.2, 0) is 0 Å². The highest BCUT2D eigenvalue weighted by atomic mass is 16.5. The number of ether oxygens (including phenoxy) is 1. The molecule has 110 valence electrons. The Bertz CT molecular complexity index is 466. The van der Waals surface area contributed by atoms with Crippen molar-refractivity contribution in [1.82, 2.24) is 4.90 Å². The van der Waals surface area contributed by atoms with Gasteiger partial charge in [-0.1, -0.05) is 32.4 Å². The summed E-state index contributed by atoms with van der Waals surface area (Å²) in [6.07, 6.45) is 3.38. The number of benzene rings is 1. The predicted molar refractivity (Wildman–Crippen MR) is 80.2 cm³/mol. The van der Waals surface area contributed by atoms with E-state index in [1.165, 1.54) is 30.4 Å². The fourth-order valence-corrected chi connectivity index (χ4v) is 3.40. The maximum absolute atomic E-state index is 10.4. The Balaban J connectivity index is 1.95. The zero-order valence-corrected chi connectivity index (χ0v) is 12.5. The third kappa shape index (κ3) is 2.57. The van der Waals surface area contributed by atoms with Crippen LogP contribution >= 0.6 is 0 Å². The normalized spacial score (nSPS) is 27.2. The summed E-state index contributed by atoms with van der Waals surface area (Å²) < 4.78 is 5.71. The number of aliphatic hydroxyl groups is 1. The first kappa shape index (κ1) is 13.9. The van der Waals surface area contributed by atoms with E-state index in [-0.39, 0.29) is 6.04 Å². The van der Waals surface area contributed by atoms with Crippen LogP contribution in [0, 0.1) is 0 Å². The zero-order chi connectivity index (χ0) is 14.1. The van der Waals surface area contributed by atoms with E-state index in [2.05, 4.69) is 36.9 Å². The van der Waals surface area contributed by atoms with E-state index in [4.69, 9.17) is 4.74 Å². The summed E-state index contributed by atoms with van der Waals surface area (Å²) in [4.78, 5) is 2.44. The van der Waals surface area contributed by atoms with Gasteiger partial charge in [0, 0.05) is 5.56 Å². The van der Waals surface area contributed by atoms with Gasteiger partial charge in [-0.3, -0.25) is 4.90 Å². The fourth-order valence-electron chi connectivity index (χ4n) is 3.40. The Hall–Kier alpha value is -1.06. The number of aliphatic hydroxyl groups excluding tert-OH is 1. The van der Waals surface area contributed by atoms with Crippen molar-refractivity contribution >= 4 is 0 Å². The summed E-state index contributed by atoms with van der Waals surface area (Å²) in [6.45, 7) is 7.00. The van der Waals surface area contributed by atoms with Gasteiger partial charge in [-0.15, -0.1) is 0 Å². The van der Waals surface area contributed by atoms with Crippen LogP contribution < -0.4 is 4.74 Å². The lowest BCUT2D eigenvalue weighted by Crippen LogP contribution is -2.44. The molecule has 0 saturated carbocycles. The number of piperidine rings is 1. The Morgan fingerprint density at radius 2 is 1.95 bits per heavy atom. The molecule has 0 aromatic heterocycles. The van der Waals surface area contributed by atoms with E-state index < -0.39 is 6.10 Å². The smallest absolute Gasteiger partial charge is 0.124 e. The molecule has 0 bridgehead atoms. The molecule has 0 spiro atoms. The Labute approximate surface area is 121 Å². The molecule has 20 heavy (non-hydrogen) atoms. The third-order valence-electron chi connectivity index (χ3n) is 4.58. The molecule has 3 rings (SSSR count). The molecule has 0 aliphatic carbocycles. The largest absolute Gasteiger partial charge is 0.490 e. The highest BCUT2D eigenvalue weighted by Crippen LogP contribution is 2.38. The van der Waals surface area contributed by atoms with Crippen molar-refractivity contribution in [2.24, 2.45) is 0 Å². The second kappa shape index (κ2) is 5.74. The molecule has 2 aliphatic heterocycles. The van der Waals surface area contributed by atoms with Crippen LogP contribution in [0.2, 0.25) is 0 Å². The van der Waals surface area contributed by atoms with E-state index in [0.717, 1.165) is 18.8 Å². The maximum atomic E-state index is 10.4. The molecule has 3 heteroatoms. The van der Waals surface area contributed by atoms with Crippen LogP contribution in [0.15, 0.2) is 18.2 Å². The van der Waals surface area contributed by atoms with Gasteiger partial charge in [-0.05, 0) is 43.5 Å². The molecule has 1 N–H and O–H groups in total. The van der Waals surface area contributed by atoms with Gasteiger partial charge >= 0.3 is 0 Å². The van der Waals surface area contributed by atoms with Gasteiger partial charge in [0.05, 0.1) is 6.04 Å². The highest BCUT2D eigenvalue weighted by Gasteiger charge is 2.34. The first-order valence-electron chi connectivity index (χ1n) is 7.85. The first-order valence-corrected chi connectivity index (χ1v) is 7.85. The molecule has 1 fully saturated rings. The van der Waals surface area contributed by atoms with Crippen molar-refractivity contribution in [3.63, 3.8) is 0 Å².